The summed E-state index contributed by atoms with van der Waals surface area (Å²) in [7, 11) is 0. The van der Waals surface area contributed by atoms with E-state index in [-0.39, 0.29) is 5.69 Å². The summed E-state index contributed by atoms with van der Waals surface area (Å²) in [5, 5.41) is 11.9. The molecule has 0 saturated heterocycles. The van der Waals surface area contributed by atoms with Gasteiger partial charge in [-0.25, -0.2) is 4.98 Å². The molecule has 1 heterocycles. The molecule has 0 spiro atoms. The molecule has 0 aliphatic heterocycles. The van der Waals surface area contributed by atoms with Gasteiger partial charge in [0.1, 0.15) is 0 Å². The van der Waals surface area contributed by atoms with Crippen molar-refractivity contribution in [1.29, 1.82) is 0 Å². The number of nitro benzene ring substituents is 1. The summed E-state index contributed by atoms with van der Waals surface area (Å²) < 4.78 is 0. The lowest BCUT2D eigenvalue weighted by Crippen LogP contribution is -1.87. The van der Waals surface area contributed by atoms with Crippen LogP contribution in [-0.2, 0) is 0 Å². The number of non-ortho nitro benzene ring substituents is 1. The molecular formula is C18H14N2O2. The quantitative estimate of drug-likeness (QED) is 0.522. The first-order chi connectivity index (χ1) is 10.6. The lowest BCUT2D eigenvalue weighted by atomic mass is 10.1. The van der Waals surface area contributed by atoms with Gasteiger partial charge < -0.3 is 0 Å². The summed E-state index contributed by atoms with van der Waals surface area (Å²) in [6.07, 6.45) is 3.69. The highest BCUT2D eigenvalue weighted by molar-refractivity contribution is 5.81. The van der Waals surface area contributed by atoms with Crippen LogP contribution in [-0.4, -0.2) is 9.91 Å². The molecule has 0 amide bonds. The summed E-state index contributed by atoms with van der Waals surface area (Å²) in [6.45, 7) is 2.03. The Bertz CT molecular complexity index is 885. The smallest absolute Gasteiger partial charge is 0.258 e. The van der Waals surface area contributed by atoms with Crippen molar-refractivity contribution in [2.45, 2.75) is 6.92 Å². The summed E-state index contributed by atoms with van der Waals surface area (Å²) in [5.41, 5.74) is 3.80. The van der Waals surface area contributed by atoms with Crippen molar-refractivity contribution in [3.05, 3.63) is 81.5 Å². The highest BCUT2D eigenvalue weighted by atomic mass is 16.6. The minimum Gasteiger partial charge on any atom is -0.258 e. The number of nitrogens with zero attached hydrogens (tertiary/aromatic N) is 2. The summed E-state index contributed by atoms with van der Waals surface area (Å²) in [6, 6.07) is 16.6. The van der Waals surface area contributed by atoms with Crippen LogP contribution in [0.3, 0.4) is 0 Å². The Morgan fingerprint density at radius 2 is 1.86 bits per heavy atom. The fraction of sp³-hybridized carbons (Fsp3) is 0.0556. The Morgan fingerprint density at radius 3 is 2.68 bits per heavy atom. The van der Waals surface area contributed by atoms with Gasteiger partial charge in [0.25, 0.3) is 5.69 Å². The van der Waals surface area contributed by atoms with Crippen molar-refractivity contribution in [3.63, 3.8) is 0 Å². The fourth-order valence-electron chi connectivity index (χ4n) is 2.26. The first-order valence-electron chi connectivity index (χ1n) is 6.92. The minimum absolute atomic E-state index is 0.0873. The Hall–Kier alpha value is -3.01. The van der Waals surface area contributed by atoms with Crippen LogP contribution in [0.4, 0.5) is 5.69 Å². The molecule has 0 aliphatic carbocycles. The van der Waals surface area contributed by atoms with Gasteiger partial charge in [0.2, 0.25) is 0 Å². The highest BCUT2D eigenvalue weighted by Gasteiger charge is 2.03. The van der Waals surface area contributed by atoms with Gasteiger partial charge in [-0.3, -0.25) is 10.1 Å². The Kier molecular flexibility index (Phi) is 3.66. The molecule has 3 aromatic rings. The van der Waals surface area contributed by atoms with E-state index in [0.717, 1.165) is 22.2 Å². The number of nitro groups is 1. The molecule has 22 heavy (non-hydrogen) atoms. The van der Waals surface area contributed by atoms with Crippen molar-refractivity contribution in [3.8, 4) is 0 Å². The monoisotopic (exact) mass is 290 g/mol. The normalized spacial score (nSPS) is 11.1. The molecule has 0 atom stereocenters. The van der Waals surface area contributed by atoms with Gasteiger partial charge in [-0.15, -0.1) is 0 Å². The minimum atomic E-state index is -0.394. The van der Waals surface area contributed by atoms with Gasteiger partial charge in [-0.2, -0.15) is 0 Å². The molecule has 0 saturated carbocycles. The van der Waals surface area contributed by atoms with E-state index in [9.17, 15) is 10.1 Å². The number of aromatic nitrogens is 1. The molecular weight excluding hydrogens is 276 g/mol. The standard InChI is InChI=1S/C18H14N2O2/c1-13-5-7-15-8-10-16(19-18(15)11-13)9-6-14-3-2-4-17(12-14)20(21)22/h2-12H,1H3/b9-6+. The van der Waals surface area contributed by atoms with Gasteiger partial charge in [-0.1, -0.05) is 36.4 Å². The van der Waals surface area contributed by atoms with E-state index in [1.54, 1.807) is 12.1 Å². The molecule has 0 N–H and O–H groups in total. The van der Waals surface area contributed by atoms with Gasteiger partial charge in [0.15, 0.2) is 0 Å². The number of aryl methyl sites for hydroxylation is 1. The maximum atomic E-state index is 10.8. The zero-order chi connectivity index (χ0) is 15.5. The van der Waals surface area contributed by atoms with Gasteiger partial charge in [0.05, 0.1) is 16.1 Å². The third-order valence-corrected chi connectivity index (χ3v) is 3.40. The maximum Gasteiger partial charge on any atom is 0.270 e. The van der Waals surface area contributed by atoms with Crippen LogP contribution >= 0.6 is 0 Å². The molecule has 1 aromatic heterocycles. The Morgan fingerprint density at radius 1 is 1.05 bits per heavy atom. The lowest BCUT2D eigenvalue weighted by Gasteiger charge is -2.00. The molecule has 0 fully saturated rings. The SMILES string of the molecule is Cc1ccc2ccc(/C=C/c3cccc([N+](=O)[O-])c3)nc2c1. The molecule has 4 nitrogen and oxygen atoms in total. The van der Waals surface area contributed by atoms with Crippen molar-refractivity contribution >= 4 is 28.7 Å². The number of benzene rings is 2. The Labute approximate surface area is 127 Å². The first-order valence-corrected chi connectivity index (χ1v) is 6.92. The number of hydrogen-bond acceptors (Lipinski definition) is 3. The topological polar surface area (TPSA) is 56.0 Å². The van der Waals surface area contributed by atoms with E-state index < -0.39 is 4.92 Å². The fourth-order valence-corrected chi connectivity index (χ4v) is 2.26. The number of fused-ring (bicyclic) bond motifs is 1. The van der Waals surface area contributed by atoms with Gasteiger partial charge in [-0.05, 0) is 36.3 Å². The van der Waals surface area contributed by atoms with E-state index in [4.69, 9.17) is 0 Å². The van der Waals surface area contributed by atoms with Crippen molar-refractivity contribution in [2.75, 3.05) is 0 Å². The molecule has 0 radical (unpaired) electrons. The molecule has 108 valence electrons. The molecule has 0 unspecified atom stereocenters. The largest absolute Gasteiger partial charge is 0.270 e. The summed E-state index contributed by atoms with van der Waals surface area (Å²) >= 11 is 0. The number of rotatable bonds is 3. The van der Waals surface area contributed by atoms with E-state index in [0.29, 0.717) is 0 Å². The first kappa shape index (κ1) is 13.9. The summed E-state index contributed by atoms with van der Waals surface area (Å²) in [5.74, 6) is 0. The summed E-state index contributed by atoms with van der Waals surface area (Å²) in [4.78, 5) is 15.0. The lowest BCUT2D eigenvalue weighted by molar-refractivity contribution is -0.384. The second-order valence-electron chi connectivity index (χ2n) is 5.12. The van der Waals surface area contributed by atoms with Crippen LogP contribution < -0.4 is 0 Å². The number of hydrogen-bond donors (Lipinski definition) is 0. The molecule has 2 aromatic carbocycles. The zero-order valence-corrected chi connectivity index (χ0v) is 12.1. The van der Waals surface area contributed by atoms with E-state index >= 15 is 0 Å². The second-order valence-corrected chi connectivity index (χ2v) is 5.12. The van der Waals surface area contributed by atoms with Crippen LogP contribution in [0, 0.1) is 17.0 Å². The van der Waals surface area contributed by atoms with Crippen molar-refractivity contribution < 1.29 is 4.92 Å². The third-order valence-electron chi connectivity index (χ3n) is 3.40. The molecule has 3 rings (SSSR count). The molecule has 0 bridgehead atoms. The average Bonchev–Trinajstić information content (AvgIpc) is 2.52. The van der Waals surface area contributed by atoms with Crippen LogP contribution in [0.25, 0.3) is 23.1 Å². The van der Waals surface area contributed by atoms with Crippen molar-refractivity contribution in [2.24, 2.45) is 0 Å². The predicted octanol–water partition coefficient (Wildman–Crippen LogP) is 4.62. The van der Waals surface area contributed by atoms with E-state index in [1.807, 2.05) is 49.4 Å². The van der Waals surface area contributed by atoms with Crippen LogP contribution in [0.2, 0.25) is 0 Å². The van der Waals surface area contributed by atoms with Gasteiger partial charge in [0, 0.05) is 17.5 Å². The predicted molar refractivity (Wildman–Crippen MR) is 88.5 cm³/mol. The van der Waals surface area contributed by atoms with Gasteiger partial charge >= 0.3 is 0 Å². The maximum absolute atomic E-state index is 10.8. The number of pyridine rings is 1. The van der Waals surface area contributed by atoms with E-state index in [1.165, 1.54) is 11.6 Å². The van der Waals surface area contributed by atoms with Crippen molar-refractivity contribution in [1.82, 2.24) is 4.98 Å². The third kappa shape index (κ3) is 3.01. The zero-order valence-electron chi connectivity index (χ0n) is 12.1. The average molecular weight is 290 g/mol. The molecule has 0 aliphatic rings. The second kappa shape index (κ2) is 5.77. The molecule has 4 heteroatoms. The Balaban J connectivity index is 1.92. The van der Waals surface area contributed by atoms with Crippen LogP contribution in [0.5, 0.6) is 0 Å². The van der Waals surface area contributed by atoms with E-state index in [2.05, 4.69) is 11.1 Å². The van der Waals surface area contributed by atoms with Crippen LogP contribution in [0.1, 0.15) is 16.8 Å². The highest BCUT2D eigenvalue weighted by Crippen LogP contribution is 2.17. The van der Waals surface area contributed by atoms with Crippen LogP contribution in [0.15, 0.2) is 54.6 Å².